The minimum atomic E-state index is -0.796. The Morgan fingerprint density at radius 1 is 0.867 bits per heavy atom. The van der Waals surface area contributed by atoms with E-state index >= 15 is 0 Å². The van der Waals surface area contributed by atoms with Crippen LogP contribution in [0.2, 0.25) is 0 Å². The lowest BCUT2D eigenvalue weighted by Crippen LogP contribution is -2.36. The normalized spacial score (nSPS) is 10.0. The molecule has 0 atom stereocenters. The number of ether oxygens (including phenoxy) is 2. The Balaban J connectivity index is 3.53. The maximum absolute atomic E-state index is 10.8. The number of rotatable bonds is 4. The van der Waals surface area contributed by atoms with Gasteiger partial charge in [0.2, 0.25) is 0 Å². The average Bonchev–Trinajstić information content (AvgIpc) is 2.00. The van der Waals surface area contributed by atoms with Gasteiger partial charge in [-0.15, -0.1) is 4.94 Å². The highest BCUT2D eigenvalue weighted by Gasteiger charge is 2.07. The van der Waals surface area contributed by atoms with Crippen molar-refractivity contribution in [1.29, 1.82) is 0 Å². The highest BCUT2D eigenvalue weighted by Crippen LogP contribution is 1.89. The van der Waals surface area contributed by atoms with E-state index in [1.807, 2.05) is 11.0 Å². The molecule has 0 fully saturated rings. The Labute approximate surface area is 88.0 Å². The quantitative estimate of drug-likeness (QED) is 0.693. The van der Waals surface area contributed by atoms with Crippen molar-refractivity contribution in [2.45, 2.75) is 39.9 Å². The van der Waals surface area contributed by atoms with Gasteiger partial charge in [0.1, 0.15) is 0 Å². The van der Waals surface area contributed by atoms with Gasteiger partial charge in [0.15, 0.2) is 0 Å². The fourth-order valence-corrected chi connectivity index (χ4v) is 0.585. The fraction of sp³-hybridized carbons (Fsp3) is 0.750. The second-order valence-electron chi connectivity index (χ2n) is 3.21. The Hall–Kier alpha value is -1.50. The van der Waals surface area contributed by atoms with Crippen molar-refractivity contribution in [3.63, 3.8) is 0 Å². The number of amides is 2. The summed E-state index contributed by atoms with van der Waals surface area (Å²) in [5.41, 5.74) is 3.69. The van der Waals surface area contributed by atoms with Gasteiger partial charge in [0.05, 0.1) is 12.2 Å². The van der Waals surface area contributed by atoms with Gasteiger partial charge >= 0.3 is 12.2 Å². The zero-order valence-electron chi connectivity index (χ0n) is 9.20. The zero-order valence-corrected chi connectivity index (χ0v) is 9.20. The van der Waals surface area contributed by atoms with Gasteiger partial charge < -0.3 is 9.47 Å². The van der Waals surface area contributed by atoms with Gasteiger partial charge in [0, 0.05) is 0 Å². The lowest BCUT2D eigenvalue weighted by molar-refractivity contribution is -0.0401. The Bertz CT molecular complexity index is 195. The molecule has 0 heterocycles. The maximum Gasteiger partial charge on any atom is 0.433 e. The van der Waals surface area contributed by atoms with Gasteiger partial charge in [0.25, 0.3) is 0 Å². The molecule has 0 aromatic rings. The molecule has 7 heteroatoms. The molecule has 0 aliphatic rings. The standard InChI is InChI=1S/C8H16N2O5/c1-5(2)13-7(11)9-15-10-8(12)14-6(3)4/h5-6H,1-4H3,(H,9,11)(H,10,12). The van der Waals surface area contributed by atoms with Crippen LogP contribution >= 0.6 is 0 Å². The van der Waals surface area contributed by atoms with Crippen LogP contribution in [-0.2, 0) is 14.4 Å². The largest absolute Gasteiger partial charge is 0.445 e. The lowest BCUT2D eigenvalue weighted by Gasteiger charge is -2.10. The zero-order chi connectivity index (χ0) is 11.8. The first-order valence-electron chi connectivity index (χ1n) is 4.51. The number of carbonyl (C=O) groups excluding carboxylic acids is 2. The summed E-state index contributed by atoms with van der Waals surface area (Å²) >= 11 is 0. The molecule has 0 saturated carbocycles. The van der Waals surface area contributed by atoms with E-state index in [0.29, 0.717) is 0 Å². The van der Waals surface area contributed by atoms with E-state index in [9.17, 15) is 9.59 Å². The summed E-state index contributed by atoms with van der Waals surface area (Å²) in [6, 6.07) is 0. The molecule has 0 aromatic carbocycles. The number of hydrogen-bond donors (Lipinski definition) is 2. The van der Waals surface area contributed by atoms with E-state index in [4.69, 9.17) is 0 Å². The summed E-state index contributed by atoms with van der Waals surface area (Å²) in [7, 11) is 0. The van der Waals surface area contributed by atoms with Crippen LogP contribution in [0.1, 0.15) is 27.7 Å². The molecular formula is C8H16N2O5. The summed E-state index contributed by atoms with van der Waals surface area (Å²) in [4.78, 5) is 25.9. The first-order chi connectivity index (χ1) is 6.91. The van der Waals surface area contributed by atoms with Crippen LogP contribution < -0.4 is 11.0 Å². The topological polar surface area (TPSA) is 85.9 Å². The second-order valence-corrected chi connectivity index (χ2v) is 3.21. The van der Waals surface area contributed by atoms with E-state index in [1.54, 1.807) is 27.7 Å². The van der Waals surface area contributed by atoms with Gasteiger partial charge in [-0.3, -0.25) is 0 Å². The van der Waals surface area contributed by atoms with E-state index in [2.05, 4.69) is 14.4 Å². The van der Waals surface area contributed by atoms with Crippen molar-refractivity contribution >= 4 is 12.2 Å². The van der Waals surface area contributed by atoms with Crippen molar-refractivity contribution in [1.82, 2.24) is 11.0 Å². The summed E-state index contributed by atoms with van der Waals surface area (Å²) in [5.74, 6) is 0. The molecule has 0 bridgehead atoms. The molecule has 2 amide bonds. The molecule has 0 saturated heterocycles. The molecule has 0 aliphatic carbocycles. The van der Waals surface area contributed by atoms with E-state index in [-0.39, 0.29) is 12.2 Å². The number of hydroxylamine groups is 2. The second kappa shape index (κ2) is 6.88. The van der Waals surface area contributed by atoms with Gasteiger partial charge in [-0.05, 0) is 27.7 Å². The van der Waals surface area contributed by atoms with Crippen LogP contribution in [0.25, 0.3) is 0 Å². The van der Waals surface area contributed by atoms with Gasteiger partial charge in [-0.25, -0.2) is 9.59 Å². The van der Waals surface area contributed by atoms with Crippen molar-refractivity contribution in [2.75, 3.05) is 0 Å². The van der Waals surface area contributed by atoms with Crippen LogP contribution in [0.15, 0.2) is 0 Å². The van der Waals surface area contributed by atoms with Gasteiger partial charge in [-0.2, -0.15) is 11.0 Å². The molecule has 15 heavy (non-hydrogen) atoms. The molecule has 0 radical (unpaired) electrons. The lowest BCUT2D eigenvalue weighted by atomic mass is 10.5. The Kier molecular flexibility index (Phi) is 6.19. The fourth-order valence-electron chi connectivity index (χ4n) is 0.585. The minimum Gasteiger partial charge on any atom is -0.445 e. The molecule has 0 rings (SSSR count). The first kappa shape index (κ1) is 13.5. The number of nitrogens with one attached hydrogen (secondary N) is 2. The SMILES string of the molecule is CC(C)OC(=O)NONC(=O)OC(C)C. The predicted molar refractivity (Wildman–Crippen MR) is 50.6 cm³/mol. The van der Waals surface area contributed by atoms with Crippen molar-refractivity contribution in [3.05, 3.63) is 0 Å². The smallest absolute Gasteiger partial charge is 0.433 e. The summed E-state index contributed by atoms with van der Waals surface area (Å²) in [6.07, 6.45) is -2.13. The van der Waals surface area contributed by atoms with Crippen LogP contribution in [0, 0.1) is 0 Å². The number of hydrogen-bond acceptors (Lipinski definition) is 5. The summed E-state index contributed by atoms with van der Waals surface area (Å²) in [6.45, 7) is 6.72. The maximum atomic E-state index is 10.8. The van der Waals surface area contributed by atoms with E-state index < -0.39 is 12.2 Å². The summed E-state index contributed by atoms with van der Waals surface area (Å²) in [5, 5.41) is 0. The molecule has 7 nitrogen and oxygen atoms in total. The highest BCUT2D eigenvalue weighted by atomic mass is 16.8. The molecule has 0 unspecified atom stereocenters. The Morgan fingerprint density at radius 2 is 1.20 bits per heavy atom. The monoisotopic (exact) mass is 220 g/mol. The third-order valence-corrected chi connectivity index (χ3v) is 0.954. The van der Waals surface area contributed by atoms with Crippen LogP contribution in [-0.4, -0.2) is 24.4 Å². The van der Waals surface area contributed by atoms with Crippen LogP contribution in [0.4, 0.5) is 9.59 Å². The summed E-state index contributed by atoms with van der Waals surface area (Å²) < 4.78 is 9.29. The van der Waals surface area contributed by atoms with Crippen LogP contribution in [0.3, 0.4) is 0 Å². The molecule has 0 spiro atoms. The molecule has 0 aliphatic heterocycles. The average molecular weight is 220 g/mol. The van der Waals surface area contributed by atoms with Gasteiger partial charge in [-0.1, -0.05) is 0 Å². The highest BCUT2D eigenvalue weighted by molar-refractivity contribution is 5.67. The predicted octanol–water partition coefficient (Wildman–Crippen LogP) is 1.10. The molecule has 0 aromatic heterocycles. The van der Waals surface area contributed by atoms with E-state index in [0.717, 1.165) is 0 Å². The molecular weight excluding hydrogens is 204 g/mol. The third kappa shape index (κ3) is 8.82. The minimum absolute atomic E-state index is 0.267. The molecule has 2 N–H and O–H groups in total. The molecule has 88 valence electrons. The third-order valence-electron chi connectivity index (χ3n) is 0.954. The first-order valence-corrected chi connectivity index (χ1v) is 4.51. The Morgan fingerprint density at radius 3 is 1.47 bits per heavy atom. The van der Waals surface area contributed by atoms with Crippen molar-refractivity contribution in [2.24, 2.45) is 0 Å². The van der Waals surface area contributed by atoms with Crippen molar-refractivity contribution < 1.29 is 24.0 Å². The van der Waals surface area contributed by atoms with E-state index in [1.165, 1.54) is 0 Å². The van der Waals surface area contributed by atoms with Crippen molar-refractivity contribution in [3.8, 4) is 0 Å². The van der Waals surface area contributed by atoms with Crippen LogP contribution in [0.5, 0.6) is 0 Å². The number of carbonyl (C=O) groups is 2.